The fraction of sp³-hybridized carbons (Fsp3) is 0.786. The highest BCUT2D eigenvalue weighted by atomic mass is 32.2. The van der Waals surface area contributed by atoms with E-state index in [0.717, 1.165) is 57.3 Å². The molecule has 1 aromatic rings. The lowest BCUT2D eigenvalue weighted by Crippen LogP contribution is -2.48. The Morgan fingerprint density at radius 1 is 1.29 bits per heavy atom. The van der Waals surface area contributed by atoms with Crippen LogP contribution >= 0.6 is 0 Å². The molecule has 0 bridgehead atoms. The lowest BCUT2D eigenvalue weighted by molar-refractivity contribution is 0.219. The van der Waals surface area contributed by atoms with E-state index in [9.17, 15) is 8.42 Å². The summed E-state index contributed by atoms with van der Waals surface area (Å²) < 4.78 is 28.0. The van der Waals surface area contributed by atoms with Gasteiger partial charge in [-0.25, -0.2) is 18.1 Å². The van der Waals surface area contributed by atoms with E-state index in [1.807, 2.05) is 0 Å². The number of nitrogens with zero attached hydrogens (tertiary/aromatic N) is 2. The fourth-order valence-corrected chi connectivity index (χ4v) is 5.17. The topological polar surface area (TPSA) is 78.1 Å². The lowest BCUT2D eigenvalue weighted by Gasteiger charge is -2.32. The van der Waals surface area contributed by atoms with Gasteiger partial charge in [-0.1, -0.05) is 12.8 Å². The molecule has 1 atom stereocenters. The SMILES string of the molecule is O=S(=O)(NC1CCCC1)C1CCCN(Cc2cnc[nH]2)C1. The van der Waals surface area contributed by atoms with Crippen LogP contribution in [-0.2, 0) is 16.6 Å². The Morgan fingerprint density at radius 3 is 2.81 bits per heavy atom. The van der Waals surface area contributed by atoms with Gasteiger partial charge in [-0.3, -0.25) is 4.90 Å². The molecule has 1 saturated heterocycles. The normalized spacial score (nSPS) is 25.4. The summed E-state index contributed by atoms with van der Waals surface area (Å²) >= 11 is 0. The Labute approximate surface area is 126 Å². The number of piperidine rings is 1. The number of sulfonamides is 1. The molecule has 21 heavy (non-hydrogen) atoms. The Bertz CT molecular complexity index is 537. The molecule has 0 spiro atoms. The van der Waals surface area contributed by atoms with E-state index in [-0.39, 0.29) is 11.3 Å². The summed E-state index contributed by atoms with van der Waals surface area (Å²) in [6.45, 7) is 2.31. The van der Waals surface area contributed by atoms with Crippen LogP contribution in [0.5, 0.6) is 0 Å². The van der Waals surface area contributed by atoms with Crippen LogP contribution in [0.3, 0.4) is 0 Å². The number of aromatic nitrogens is 2. The van der Waals surface area contributed by atoms with Crippen LogP contribution in [0.4, 0.5) is 0 Å². The van der Waals surface area contributed by atoms with Gasteiger partial charge >= 0.3 is 0 Å². The minimum atomic E-state index is -3.20. The van der Waals surface area contributed by atoms with E-state index in [0.29, 0.717) is 6.54 Å². The van der Waals surface area contributed by atoms with Crippen molar-refractivity contribution in [3.05, 3.63) is 18.2 Å². The van der Waals surface area contributed by atoms with Crippen molar-refractivity contribution in [2.24, 2.45) is 0 Å². The quantitative estimate of drug-likeness (QED) is 0.857. The molecule has 1 aromatic heterocycles. The minimum absolute atomic E-state index is 0.165. The summed E-state index contributed by atoms with van der Waals surface area (Å²) in [5.74, 6) is 0. The van der Waals surface area contributed by atoms with Gasteiger partial charge in [0, 0.05) is 31.0 Å². The zero-order valence-electron chi connectivity index (χ0n) is 12.3. The van der Waals surface area contributed by atoms with Crippen molar-refractivity contribution < 1.29 is 8.42 Å². The highest BCUT2D eigenvalue weighted by Crippen LogP contribution is 2.22. The van der Waals surface area contributed by atoms with Crippen LogP contribution in [0.25, 0.3) is 0 Å². The molecule has 1 unspecified atom stereocenters. The molecule has 0 amide bonds. The number of rotatable bonds is 5. The third-order valence-electron chi connectivity index (χ3n) is 4.54. The Hall–Kier alpha value is -0.920. The average molecular weight is 312 g/mol. The van der Waals surface area contributed by atoms with Crippen LogP contribution in [0.2, 0.25) is 0 Å². The van der Waals surface area contributed by atoms with Crippen molar-refractivity contribution in [1.29, 1.82) is 0 Å². The highest BCUT2D eigenvalue weighted by Gasteiger charge is 2.33. The molecular weight excluding hydrogens is 288 g/mol. The molecule has 0 radical (unpaired) electrons. The van der Waals surface area contributed by atoms with Gasteiger partial charge in [0.25, 0.3) is 0 Å². The van der Waals surface area contributed by atoms with Crippen molar-refractivity contribution in [3.8, 4) is 0 Å². The second kappa shape index (κ2) is 6.46. The number of imidazole rings is 1. The van der Waals surface area contributed by atoms with Gasteiger partial charge in [0.05, 0.1) is 11.6 Å². The smallest absolute Gasteiger partial charge is 0.215 e. The zero-order chi connectivity index (χ0) is 14.7. The van der Waals surface area contributed by atoms with Crippen LogP contribution < -0.4 is 4.72 Å². The summed E-state index contributed by atoms with van der Waals surface area (Å²) in [7, 11) is -3.20. The molecule has 1 aliphatic heterocycles. The molecule has 7 heteroatoms. The third-order valence-corrected chi connectivity index (χ3v) is 6.46. The summed E-state index contributed by atoms with van der Waals surface area (Å²) in [4.78, 5) is 9.29. The van der Waals surface area contributed by atoms with Gasteiger partial charge in [-0.2, -0.15) is 0 Å². The van der Waals surface area contributed by atoms with E-state index in [4.69, 9.17) is 0 Å². The van der Waals surface area contributed by atoms with Crippen LogP contribution in [0.1, 0.15) is 44.2 Å². The van der Waals surface area contributed by atoms with E-state index in [2.05, 4.69) is 19.6 Å². The van der Waals surface area contributed by atoms with Gasteiger partial charge in [0.2, 0.25) is 10.0 Å². The molecule has 2 fully saturated rings. The molecular formula is C14H24N4O2S. The first-order valence-corrected chi connectivity index (χ1v) is 9.39. The zero-order valence-corrected chi connectivity index (χ0v) is 13.1. The summed E-state index contributed by atoms with van der Waals surface area (Å²) in [6.07, 6.45) is 9.43. The average Bonchev–Trinajstić information content (AvgIpc) is 3.12. The van der Waals surface area contributed by atoms with Gasteiger partial charge in [-0.15, -0.1) is 0 Å². The van der Waals surface area contributed by atoms with Gasteiger partial charge in [0.15, 0.2) is 0 Å². The van der Waals surface area contributed by atoms with E-state index >= 15 is 0 Å². The number of hydrogen-bond donors (Lipinski definition) is 2. The monoisotopic (exact) mass is 312 g/mol. The second-order valence-corrected chi connectivity index (χ2v) is 8.21. The van der Waals surface area contributed by atoms with Crippen LogP contribution in [0, 0.1) is 0 Å². The Balaban J connectivity index is 1.59. The maximum absolute atomic E-state index is 12.5. The number of H-pyrrole nitrogens is 1. The van der Waals surface area contributed by atoms with Gasteiger partial charge < -0.3 is 4.98 Å². The van der Waals surface area contributed by atoms with Crippen molar-refractivity contribution in [3.63, 3.8) is 0 Å². The molecule has 6 nitrogen and oxygen atoms in total. The van der Waals surface area contributed by atoms with Crippen molar-refractivity contribution >= 4 is 10.0 Å². The van der Waals surface area contributed by atoms with Crippen molar-refractivity contribution in [1.82, 2.24) is 19.6 Å². The molecule has 118 valence electrons. The van der Waals surface area contributed by atoms with E-state index in [1.165, 1.54) is 0 Å². The molecule has 2 heterocycles. The lowest BCUT2D eigenvalue weighted by atomic mass is 10.1. The van der Waals surface area contributed by atoms with Crippen molar-refractivity contribution in [2.75, 3.05) is 13.1 Å². The molecule has 1 saturated carbocycles. The third kappa shape index (κ3) is 3.84. The molecule has 0 aromatic carbocycles. The first kappa shape index (κ1) is 15.0. The van der Waals surface area contributed by atoms with E-state index < -0.39 is 10.0 Å². The highest BCUT2D eigenvalue weighted by molar-refractivity contribution is 7.90. The van der Waals surface area contributed by atoms with Gasteiger partial charge in [0.1, 0.15) is 0 Å². The van der Waals surface area contributed by atoms with Crippen molar-refractivity contribution in [2.45, 2.75) is 56.4 Å². The maximum atomic E-state index is 12.5. The predicted molar refractivity (Wildman–Crippen MR) is 81.2 cm³/mol. The summed E-state index contributed by atoms with van der Waals surface area (Å²) in [6, 6.07) is 0.165. The second-order valence-electron chi connectivity index (χ2n) is 6.22. The standard InChI is InChI=1S/C14H24N4O2S/c19-21(20,17-12-4-1-2-5-12)14-6-3-7-18(10-14)9-13-8-15-11-16-13/h8,11-12,14,17H,1-7,9-10H2,(H,15,16). The summed E-state index contributed by atoms with van der Waals surface area (Å²) in [5.41, 5.74) is 1.04. The first-order valence-electron chi connectivity index (χ1n) is 7.84. The van der Waals surface area contributed by atoms with Crippen LogP contribution in [-0.4, -0.2) is 47.7 Å². The first-order chi connectivity index (χ1) is 10.1. The largest absolute Gasteiger partial charge is 0.347 e. The number of likely N-dealkylation sites (tertiary alicyclic amines) is 1. The molecule has 2 aliphatic rings. The number of aromatic amines is 1. The molecule has 3 rings (SSSR count). The van der Waals surface area contributed by atoms with Gasteiger partial charge in [-0.05, 0) is 32.2 Å². The maximum Gasteiger partial charge on any atom is 0.215 e. The van der Waals surface area contributed by atoms with E-state index in [1.54, 1.807) is 12.5 Å². The molecule has 1 aliphatic carbocycles. The summed E-state index contributed by atoms with van der Waals surface area (Å²) in [5, 5.41) is -0.283. The van der Waals surface area contributed by atoms with Crippen LogP contribution in [0.15, 0.2) is 12.5 Å². The Morgan fingerprint density at radius 2 is 2.10 bits per heavy atom. The number of hydrogen-bond acceptors (Lipinski definition) is 4. The fourth-order valence-electron chi connectivity index (χ4n) is 3.39. The Kier molecular flexibility index (Phi) is 4.61. The predicted octanol–water partition coefficient (Wildman–Crippen LogP) is 1.24. The molecule has 2 N–H and O–H groups in total. The number of nitrogens with one attached hydrogen (secondary N) is 2. The minimum Gasteiger partial charge on any atom is -0.347 e.